The molecule has 0 spiro atoms. The van der Waals surface area contributed by atoms with Gasteiger partial charge < -0.3 is 10.2 Å². The van der Waals surface area contributed by atoms with Crippen molar-refractivity contribution >= 4 is 0 Å². The monoisotopic (exact) mass is 466 g/mol. The largest absolute Gasteiger partial charge is 0.505 e. The molecule has 1 aromatic carbocycles. The van der Waals surface area contributed by atoms with Gasteiger partial charge in [-0.3, -0.25) is 20.2 Å². The average molecular weight is 466 g/mol. The number of allylic oxidation sites excluding steroid dienone is 4. The van der Waals surface area contributed by atoms with Crippen LogP contribution in [0.2, 0.25) is 0 Å². The van der Waals surface area contributed by atoms with E-state index in [4.69, 9.17) is 0 Å². The number of aliphatic hydroxyl groups excluding tert-OH is 2. The Morgan fingerprint density at radius 2 is 1.21 bits per heavy atom. The minimum atomic E-state index is -5.08. The third-order valence-electron chi connectivity index (χ3n) is 6.46. The zero-order chi connectivity index (χ0) is 24.8. The Bertz CT molecular complexity index is 1060. The summed E-state index contributed by atoms with van der Waals surface area (Å²) in [7, 11) is 0. The highest BCUT2D eigenvalue weighted by molar-refractivity contribution is 5.55. The van der Waals surface area contributed by atoms with Crippen molar-refractivity contribution in [1.29, 1.82) is 0 Å². The van der Waals surface area contributed by atoms with Crippen LogP contribution in [0.3, 0.4) is 0 Å². The minimum absolute atomic E-state index is 0.295. The maximum absolute atomic E-state index is 15.1. The van der Waals surface area contributed by atoms with E-state index in [0.717, 1.165) is 38.2 Å². The molecule has 2 aliphatic carbocycles. The average Bonchev–Trinajstić information content (AvgIpc) is 2.73. The summed E-state index contributed by atoms with van der Waals surface area (Å²) in [5.41, 5.74) is -8.63. The highest BCUT2D eigenvalue weighted by Crippen LogP contribution is 2.57. The van der Waals surface area contributed by atoms with Gasteiger partial charge in [0.2, 0.25) is 0 Å². The Balaban J connectivity index is 2.39. The standard InChI is InChI=1S/C22H21F3N2O6/c1-19(26(30)31)12-15(8-10-17(19)28)21(22(23,24)25,14-6-4-3-5-7-14)16-9-11-18(29)20(2,13-16)27(32)33/h3-11,28-29H,12-13H2,1-2H3. The quantitative estimate of drug-likeness (QED) is 0.459. The molecule has 1 aromatic rings. The lowest BCUT2D eigenvalue weighted by atomic mass is 9.61. The van der Waals surface area contributed by atoms with Gasteiger partial charge in [0.05, 0.1) is 0 Å². The van der Waals surface area contributed by atoms with Gasteiger partial charge in [-0.25, -0.2) is 0 Å². The number of halogens is 3. The zero-order valence-corrected chi connectivity index (χ0v) is 17.7. The minimum Gasteiger partial charge on any atom is -0.505 e. The molecule has 11 heteroatoms. The molecule has 8 nitrogen and oxygen atoms in total. The summed E-state index contributed by atoms with van der Waals surface area (Å²) < 4.78 is 45.4. The van der Waals surface area contributed by atoms with E-state index in [9.17, 15) is 30.4 Å². The number of benzene rings is 1. The highest BCUT2D eigenvalue weighted by atomic mass is 19.4. The van der Waals surface area contributed by atoms with E-state index in [1.807, 2.05) is 0 Å². The summed E-state index contributed by atoms with van der Waals surface area (Å²) in [4.78, 5) is 21.7. The topological polar surface area (TPSA) is 127 Å². The van der Waals surface area contributed by atoms with Crippen molar-refractivity contribution in [1.82, 2.24) is 0 Å². The van der Waals surface area contributed by atoms with Crippen LogP contribution in [0.5, 0.6) is 0 Å². The van der Waals surface area contributed by atoms with E-state index in [-0.39, 0.29) is 5.56 Å². The van der Waals surface area contributed by atoms with E-state index in [0.29, 0.717) is 0 Å². The molecule has 0 amide bonds. The maximum atomic E-state index is 15.1. The molecular weight excluding hydrogens is 445 g/mol. The predicted molar refractivity (Wildman–Crippen MR) is 112 cm³/mol. The Morgan fingerprint density at radius 3 is 1.55 bits per heavy atom. The Morgan fingerprint density at radius 1 is 0.818 bits per heavy atom. The molecule has 2 atom stereocenters. The summed E-state index contributed by atoms with van der Waals surface area (Å²) in [6, 6.07) is 6.61. The SMILES string of the molecule is CC1([N+](=O)[O-])CC(C(C2=CC=C(O)C(C)([N+](=O)[O-])C2)(c2ccccc2)C(F)(F)F)=CC=C1O. The molecule has 0 radical (unpaired) electrons. The fourth-order valence-electron chi connectivity index (χ4n) is 4.38. The van der Waals surface area contributed by atoms with Crippen LogP contribution in [0, 0.1) is 20.2 Å². The van der Waals surface area contributed by atoms with E-state index in [1.165, 1.54) is 30.3 Å². The van der Waals surface area contributed by atoms with Crippen LogP contribution < -0.4 is 0 Å². The van der Waals surface area contributed by atoms with Crippen molar-refractivity contribution in [3.05, 3.63) is 103 Å². The van der Waals surface area contributed by atoms with Gasteiger partial charge in [-0.15, -0.1) is 0 Å². The lowest BCUT2D eigenvalue weighted by molar-refractivity contribution is -0.558. The molecule has 33 heavy (non-hydrogen) atoms. The summed E-state index contributed by atoms with van der Waals surface area (Å²) in [6.07, 6.45) is -3.00. The molecule has 0 aliphatic heterocycles. The third kappa shape index (κ3) is 3.47. The van der Waals surface area contributed by atoms with Crippen molar-refractivity contribution in [3.63, 3.8) is 0 Å². The molecule has 0 fully saturated rings. The predicted octanol–water partition coefficient (Wildman–Crippen LogP) is 5.10. The van der Waals surface area contributed by atoms with E-state index < -0.39 is 68.0 Å². The van der Waals surface area contributed by atoms with Gasteiger partial charge in [0, 0.05) is 36.5 Å². The van der Waals surface area contributed by atoms with Crippen LogP contribution in [0.1, 0.15) is 32.3 Å². The smallest absolute Gasteiger partial charge is 0.405 e. The van der Waals surface area contributed by atoms with Gasteiger partial charge in [0.1, 0.15) is 5.41 Å². The van der Waals surface area contributed by atoms with Crippen molar-refractivity contribution in [2.24, 2.45) is 0 Å². The first-order valence-corrected chi connectivity index (χ1v) is 9.84. The van der Waals surface area contributed by atoms with Crippen LogP contribution in [0.25, 0.3) is 0 Å². The number of nitrogens with zero attached hydrogens (tertiary/aromatic N) is 2. The second-order valence-corrected chi connectivity index (χ2v) is 8.52. The molecule has 0 saturated heterocycles. The zero-order valence-electron chi connectivity index (χ0n) is 17.7. The van der Waals surface area contributed by atoms with E-state index in [1.54, 1.807) is 0 Å². The van der Waals surface area contributed by atoms with Crippen LogP contribution in [0.4, 0.5) is 13.2 Å². The number of nitro groups is 2. The normalized spacial score (nSPS) is 27.4. The van der Waals surface area contributed by atoms with E-state index >= 15 is 13.2 Å². The summed E-state index contributed by atoms with van der Waals surface area (Å²) in [5.74, 6) is -1.41. The molecule has 2 unspecified atom stereocenters. The number of alkyl halides is 3. The van der Waals surface area contributed by atoms with Crippen LogP contribution in [-0.2, 0) is 5.41 Å². The van der Waals surface area contributed by atoms with E-state index in [2.05, 4.69) is 0 Å². The fraction of sp³-hybridized carbons (Fsp3) is 0.364. The second-order valence-electron chi connectivity index (χ2n) is 8.52. The molecule has 0 bridgehead atoms. The molecule has 2 N–H and O–H groups in total. The van der Waals surface area contributed by atoms with Crippen molar-refractivity contribution in [2.75, 3.05) is 0 Å². The first-order chi connectivity index (χ1) is 15.2. The summed E-state index contributed by atoms with van der Waals surface area (Å²) in [5, 5.41) is 43.6. The Hall–Kier alpha value is -3.63. The fourth-order valence-corrected chi connectivity index (χ4v) is 4.38. The Kier molecular flexibility index (Phi) is 5.64. The lowest BCUT2D eigenvalue weighted by Gasteiger charge is -2.44. The number of rotatable bonds is 5. The molecular formula is C22H21F3N2O6. The number of hydrogen-bond acceptors (Lipinski definition) is 6. The van der Waals surface area contributed by atoms with Crippen molar-refractivity contribution < 1.29 is 33.2 Å². The first-order valence-electron chi connectivity index (χ1n) is 9.84. The van der Waals surface area contributed by atoms with Gasteiger partial charge in [0.15, 0.2) is 11.5 Å². The van der Waals surface area contributed by atoms with Crippen LogP contribution in [-0.4, -0.2) is 37.3 Å². The van der Waals surface area contributed by atoms with Gasteiger partial charge in [-0.05, 0) is 28.9 Å². The number of aliphatic hydroxyl groups is 2. The lowest BCUT2D eigenvalue weighted by Crippen LogP contribution is -2.52. The van der Waals surface area contributed by atoms with Gasteiger partial charge >= 0.3 is 6.18 Å². The molecule has 176 valence electrons. The van der Waals surface area contributed by atoms with Crippen LogP contribution >= 0.6 is 0 Å². The number of hydrogen-bond donors (Lipinski definition) is 2. The van der Waals surface area contributed by atoms with Crippen molar-refractivity contribution in [3.8, 4) is 0 Å². The summed E-state index contributed by atoms with van der Waals surface area (Å²) in [6.45, 7) is 2.03. The second kappa shape index (κ2) is 7.75. The molecule has 3 rings (SSSR count). The summed E-state index contributed by atoms with van der Waals surface area (Å²) >= 11 is 0. The third-order valence-corrected chi connectivity index (χ3v) is 6.46. The van der Waals surface area contributed by atoms with Crippen molar-refractivity contribution in [2.45, 2.75) is 49.4 Å². The molecule has 0 heterocycles. The molecule has 2 aliphatic rings. The first kappa shape index (κ1) is 24.0. The van der Waals surface area contributed by atoms with Crippen LogP contribution in [0.15, 0.2) is 77.3 Å². The van der Waals surface area contributed by atoms with Gasteiger partial charge in [-0.1, -0.05) is 42.5 Å². The molecule has 0 aromatic heterocycles. The highest BCUT2D eigenvalue weighted by Gasteiger charge is 2.65. The molecule has 0 saturated carbocycles. The Labute approximate surface area is 186 Å². The maximum Gasteiger partial charge on any atom is 0.405 e. The van der Waals surface area contributed by atoms with Gasteiger partial charge in [0.25, 0.3) is 11.1 Å². The van der Waals surface area contributed by atoms with Gasteiger partial charge in [-0.2, -0.15) is 13.2 Å².